The number of hydrogen-bond donors (Lipinski definition) is 1. The van der Waals surface area contributed by atoms with Crippen molar-refractivity contribution in [1.82, 2.24) is 0 Å². The predicted octanol–water partition coefficient (Wildman–Crippen LogP) is 2.28. The van der Waals surface area contributed by atoms with E-state index in [1.807, 2.05) is 44.2 Å². The van der Waals surface area contributed by atoms with Gasteiger partial charge in [0.1, 0.15) is 6.61 Å². The van der Waals surface area contributed by atoms with Gasteiger partial charge in [0.05, 0.1) is 5.92 Å². The summed E-state index contributed by atoms with van der Waals surface area (Å²) in [6.07, 6.45) is -0.457. The van der Waals surface area contributed by atoms with Gasteiger partial charge in [-0.2, -0.15) is 0 Å². The minimum absolute atomic E-state index is 0.165. The molecule has 0 fully saturated rings. The molecule has 0 unspecified atom stereocenters. The van der Waals surface area contributed by atoms with Crippen molar-refractivity contribution >= 4 is 11.9 Å². The molecule has 5 heteroatoms. The van der Waals surface area contributed by atoms with Crippen LogP contribution in [0.25, 0.3) is 0 Å². The van der Waals surface area contributed by atoms with E-state index in [-0.39, 0.29) is 19.1 Å². The quantitative estimate of drug-likeness (QED) is 0.745. The van der Waals surface area contributed by atoms with E-state index >= 15 is 0 Å². The summed E-state index contributed by atoms with van der Waals surface area (Å²) >= 11 is 0. The van der Waals surface area contributed by atoms with Crippen LogP contribution in [0.5, 0.6) is 0 Å². The van der Waals surface area contributed by atoms with Gasteiger partial charge in [0.15, 0.2) is 6.10 Å². The number of carbonyl (C=O) groups is 2. The van der Waals surface area contributed by atoms with Crippen molar-refractivity contribution in [2.45, 2.75) is 39.9 Å². The number of esters is 2. The van der Waals surface area contributed by atoms with E-state index in [4.69, 9.17) is 15.2 Å². The van der Waals surface area contributed by atoms with Gasteiger partial charge in [0.2, 0.25) is 0 Å². The average molecular weight is 307 g/mol. The molecule has 0 saturated carbocycles. The van der Waals surface area contributed by atoms with E-state index in [1.54, 1.807) is 6.92 Å². The van der Waals surface area contributed by atoms with E-state index in [9.17, 15) is 9.59 Å². The van der Waals surface area contributed by atoms with E-state index in [0.717, 1.165) is 5.56 Å². The summed E-state index contributed by atoms with van der Waals surface area (Å²) < 4.78 is 10.5. The van der Waals surface area contributed by atoms with Gasteiger partial charge in [-0.1, -0.05) is 51.1 Å². The lowest BCUT2D eigenvalue weighted by Crippen LogP contribution is -2.34. The zero-order chi connectivity index (χ0) is 16.5. The molecule has 0 bridgehead atoms. The lowest BCUT2D eigenvalue weighted by Gasteiger charge is -2.20. The Balaban J connectivity index is 2.61. The SMILES string of the molecule is CC(C)C[C@H](OC(=O)[C@H](C)CN)C(=O)OCc1ccccc1. The molecular weight excluding hydrogens is 282 g/mol. The van der Waals surface area contributed by atoms with E-state index in [2.05, 4.69) is 0 Å². The molecule has 22 heavy (non-hydrogen) atoms. The fourth-order valence-corrected chi connectivity index (χ4v) is 1.79. The first-order chi connectivity index (χ1) is 10.4. The minimum Gasteiger partial charge on any atom is -0.458 e. The van der Waals surface area contributed by atoms with Crippen LogP contribution in [0.4, 0.5) is 0 Å². The van der Waals surface area contributed by atoms with Crippen molar-refractivity contribution in [2.24, 2.45) is 17.6 Å². The zero-order valence-corrected chi connectivity index (χ0v) is 13.5. The molecule has 0 aromatic heterocycles. The lowest BCUT2D eigenvalue weighted by molar-refractivity contribution is -0.171. The predicted molar refractivity (Wildman–Crippen MR) is 83.8 cm³/mol. The molecule has 0 aliphatic carbocycles. The first kappa shape index (κ1) is 18.2. The van der Waals surface area contributed by atoms with Crippen LogP contribution in [0, 0.1) is 11.8 Å². The summed E-state index contributed by atoms with van der Waals surface area (Å²) in [5.41, 5.74) is 6.33. The lowest BCUT2D eigenvalue weighted by atomic mass is 10.1. The monoisotopic (exact) mass is 307 g/mol. The molecule has 0 aliphatic rings. The summed E-state index contributed by atoms with van der Waals surface area (Å²) in [7, 11) is 0. The largest absolute Gasteiger partial charge is 0.458 e. The normalized spacial score (nSPS) is 13.5. The summed E-state index contributed by atoms with van der Waals surface area (Å²) in [6.45, 7) is 5.93. The number of carbonyl (C=O) groups excluding carboxylic acids is 2. The van der Waals surface area contributed by atoms with Crippen molar-refractivity contribution in [2.75, 3.05) is 6.54 Å². The maximum atomic E-state index is 12.2. The zero-order valence-electron chi connectivity index (χ0n) is 13.5. The third-order valence-electron chi connectivity index (χ3n) is 3.19. The van der Waals surface area contributed by atoms with Crippen LogP contribution in [-0.4, -0.2) is 24.6 Å². The first-order valence-corrected chi connectivity index (χ1v) is 7.55. The Kier molecular flexibility index (Phi) is 7.60. The van der Waals surface area contributed by atoms with Gasteiger partial charge in [-0.15, -0.1) is 0 Å². The molecule has 0 spiro atoms. The summed E-state index contributed by atoms with van der Waals surface area (Å²) in [5.74, 6) is -1.22. The number of rotatable bonds is 8. The second-order valence-electron chi connectivity index (χ2n) is 5.79. The highest BCUT2D eigenvalue weighted by Crippen LogP contribution is 2.13. The third-order valence-corrected chi connectivity index (χ3v) is 3.19. The highest BCUT2D eigenvalue weighted by Gasteiger charge is 2.27. The van der Waals surface area contributed by atoms with E-state index in [1.165, 1.54) is 0 Å². The summed E-state index contributed by atoms with van der Waals surface area (Å²) in [5, 5.41) is 0. The Bertz CT molecular complexity index is 473. The first-order valence-electron chi connectivity index (χ1n) is 7.55. The molecule has 0 amide bonds. The van der Waals surface area contributed by atoms with E-state index in [0.29, 0.717) is 6.42 Å². The molecule has 2 atom stereocenters. The van der Waals surface area contributed by atoms with Crippen molar-refractivity contribution in [3.8, 4) is 0 Å². The molecule has 0 heterocycles. The van der Waals surface area contributed by atoms with Crippen LogP contribution in [0.15, 0.2) is 30.3 Å². The fraction of sp³-hybridized carbons (Fsp3) is 0.529. The second kappa shape index (κ2) is 9.20. The molecule has 0 radical (unpaired) electrons. The Morgan fingerprint density at radius 2 is 1.73 bits per heavy atom. The van der Waals surface area contributed by atoms with Crippen LogP contribution < -0.4 is 5.73 Å². The molecule has 0 saturated heterocycles. The number of benzene rings is 1. The molecule has 5 nitrogen and oxygen atoms in total. The second-order valence-corrected chi connectivity index (χ2v) is 5.79. The Morgan fingerprint density at radius 3 is 2.27 bits per heavy atom. The Hall–Kier alpha value is -1.88. The number of ether oxygens (including phenoxy) is 2. The van der Waals surface area contributed by atoms with Crippen LogP contribution in [0.2, 0.25) is 0 Å². The average Bonchev–Trinajstić information content (AvgIpc) is 2.51. The number of nitrogens with two attached hydrogens (primary N) is 1. The highest BCUT2D eigenvalue weighted by molar-refractivity contribution is 5.80. The van der Waals surface area contributed by atoms with Crippen LogP contribution >= 0.6 is 0 Å². The topological polar surface area (TPSA) is 78.6 Å². The minimum atomic E-state index is -0.884. The smallest absolute Gasteiger partial charge is 0.347 e. The molecule has 122 valence electrons. The maximum absolute atomic E-state index is 12.2. The van der Waals surface area contributed by atoms with Gasteiger partial charge in [0.25, 0.3) is 0 Å². The van der Waals surface area contributed by atoms with Gasteiger partial charge in [-0.25, -0.2) is 4.79 Å². The van der Waals surface area contributed by atoms with Gasteiger partial charge in [-0.05, 0) is 17.9 Å². The van der Waals surface area contributed by atoms with Crippen molar-refractivity contribution < 1.29 is 19.1 Å². The highest BCUT2D eigenvalue weighted by atomic mass is 16.6. The Morgan fingerprint density at radius 1 is 1.09 bits per heavy atom. The molecule has 1 rings (SSSR count). The Labute approximate surface area is 131 Å². The molecular formula is C17H25NO4. The van der Waals surface area contributed by atoms with Gasteiger partial charge in [-0.3, -0.25) is 4.79 Å². The molecule has 2 N–H and O–H groups in total. The fourth-order valence-electron chi connectivity index (χ4n) is 1.79. The maximum Gasteiger partial charge on any atom is 0.347 e. The molecule has 1 aromatic rings. The van der Waals surface area contributed by atoms with Gasteiger partial charge >= 0.3 is 11.9 Å². The van der Waals surface area contributed by atoms with Gasteiger partial charge in [0, 0.05) is 6.54 Å². The molecule has 0 aliphatic heterocycles. The summed E-state index contributed by atoms with van der Waals surface area (Å²) in [4.78, 5) is 24.0. The standard InChI is InChI=1S/C17H25NO4/c1-12(2)9-15(22-16(19)13(3)10-18)17(20)21-11-14-7-5-4-6-8-14/h4-8,12-13,15H,9-11,18H2,1-3H3/t13-,15+/m1/s1. The van der Waals surface area contributed by atoms with Gasteiger partial charge < -0.3 is 15.2 Å². The third kappa shape index (κ3) is 6.26. The number of hydrogen-bond acceptors (Lipinski definition) is 5. The van der Waals surface area contributed by atoms with Crippen LogP contribution in [-0.2, 0) is 25.7 Å². The van der Waals surface area contributed by atoms with Crippen LogP contribution in [0.3, 0.4) is 0 Å². The summed E-state index contributed by atoms with van der Waals surface area (Å²) in [6, 6.07) is 9.37. The van der Waals surface area contributed by atoms with E-state index < -0.39 is 24.0 Å². The van der Waals surface area contributed by atoms with Crippen molar-refractivity contribution in [1.29, 1.82) is 0 Å². The van der Waals surface area contributed by atoms with Crippen molar-refractivity contribution in [3.63, 3.8) is 0 Å². The molecule has 1 aromatic carbocycles. The van der Waals surface area contributed by atoms with Crippen LogP contribution in [0.1, 0.15) is 32.8 Å². The van der Waals surface area contributed by atoms with Crippen molar-refractivity contribution in [3.05, 3.63) is 35.9 Å².